The highest BCUT2D eigenvalue weighted by molar-refractivity contribution is 5.54. The predicted molar refractivity (Wildman–Crippen MR) is 77.7 cm³/mol. The Morgan fingerprint density at radius 3 is 2.29 bits per heavy atom. The van der Waals surface area contributed by atoms with E-state index in [1.54, 1.807) is 11.9 Å². The minimum Gasteiger partial charge on any atom is -0.366 e. The monoisotopic (exact) mass is 294 g/mol. The standard InChI is InChI=1S/C16H17F3N2/c1-10-5-3-4-6-15(10)21(2)16(9-20)11-7-13(18)14(19)8-12(11)17/h3-8,16H,9,20H2,1-2H3. The number of para-hydroxylation sites is 1. The Kier molecular flexibility index (Phi) is 4.53. The van der Waals surface area contributed by atoms with E-state index in [9.17, 15) is 13.2 Å². The first-order valence-corrected chi connectivity index (χ1v) is 6.58. The van der Waals surface area contributed by atoms with E-state index in [2.05, 4.69) is 0 Å². The molecule has 0 amide bonds. The fourth-order valence-corrected chi connectivity index (χ4v) is 2.41. The molecule has 0 saturated heterocycles. The Bertz CT molecular complexity index is 643. The molecule has 2 aromatic rings. The van der Waals surface area contributed by atoms with Gasteiger partial charge in [0, 0.05) is 30.9 Å². The minimum absolute atomic E-state index is 0.0437. The van der Waals surface area contributed by atoms with Crippen molar-refractivity contribution < 1.29 is 13.2 Å². The number of nitrogens with two attached hydrogens (primary N) is 1. The first kappa shape index (κ1) is 15.4. The van der Waals surface area contributed by atoms with Gasteiger partial charge in [-0.25, -0.2) is 13.2 Å². The summed E-state index contributed by atoms with van der Waals surface area (Å²) in [6, 6.07) is 8.38. The largest absolute Gasteiger partial charge is 0.366 e. The van der Waals surface area contributed by atoms with Crippen LogP contribution in [0.4, 0.5) is 18.9 Å². The average Bonchev–Trinajstić information content (AvgIpc) is 2.45. The second-order valence-electron chi connectivity index (χ2n) is 4.94. The number of aryl methyl sites for hydroxylation is 1. The van der Waals surface area contributed by atoms with Crippen molar-refractivity contribution >= 4 is 5.69 Å². The van der Waals surface area contributed by atoms with Gasteiger partial charge in [-0.3, -0.25) is 0 Å². The van der Waals surface area contributed by atoms with Crippen LogP contribution in [0, 0.1) is 24.4 Å². The minimum atomic E-state index is -1.20. The van der Waals surface area contributed by atoms with E-state index in [1.807, 2.05) is 31.2 Å². The molecule has 0 aromatic heterocycles. The van der Waals surface area contributed by atoms with Gasteiger partial charge < -0.3 is 10.6 Å². The average molecular weight is 294 g/mol. The van der Waals surface area contributed by atoms with Crippen molar-refractivity contribution in [3.05, 3.63) is 65.0 Å². The Morgan fingerprint density at radius 2 is 1.67 bits per heavy atom. The molecule has 1 unspecified atom stereocenters. The zero-order chi connectivity index (χ0) is 15.6. The zero-order valence-electron chi connectivity index (χ0n) is 11.9. The lowest BCUT2D eigenvalue weighted by atomic mass is 10.0. The fourth-order valence-electron chi connectivity index (χ4n) is 2.41. The maximum absolute atomic E-state index is 14.0. The van der Waals surface area contributed by atoms with Crippen LogP contribution in [0.25, 0.3) is 0 Å². The Hall–Kier alpha value is -2.01. The molecule has 2 N–H and O–H groups in total. The highest BCUT2D eigenvalue weighted by Crippen LogP contribution is 2.29. The molecule has 2 rings (SSSR count). The molecular formula is C16H17F3N2. The lowest BCUT2D eigenvalue weighted by Gasteiger charge is -2.31. The van der Waals surface area contributed by atoms with Gasteiger partial charge in [0.15, 0.2) is 11.6 Å². The molecule has 0 aliphatic heterocycles. The van der Waals surface area contributed by atoms with Crippen molar-refractivity contribution in [2.45, 2.75) is 13.0 Å². The summed E-state index contributed by atoms with van der Waals surface area (Å²) in [6.45, 7) is 1.99. The molecule has 1 atom stereocenters. The van der Waals surface area contributed by atoms with Crippen LogP contribution in [-0.4, -0.2) is 13.6 Å². The van der Waals surface area contributed by atoms with Crippen molar-refractivity contribution in [2.75, 3.05) is 18.5 Å². The summed E-state index contributed by atoms with van der Waals surface area (Å²) in [5, 5.41) is 0. The zero-order valence-corrected chi connectivity index (χ0v) is 11.9. The number of hydrogen-bond donors (Lipinski definition) is 1. The SMILES string of the molecule is Cc1ccccc1N(C)C(CN)c1cc(F)c(F)cc1F. The van der Waals surface area contributed by atoms with E-state index in [0.29, 0.717) is 6.07 Å². The van der Waals surface area contributed by atoms with Crippen molar-refractivity contribution in [3.63, 3.8) is 0 Å². The molecule has 2 aromatic carbocycles. The molecule has 21 heavy (non-hydrogen) atoms. The third kappa shape index (κ3) is 3.03. The molecule has 0 aliphatic carbocycles. The van der Waals surface area contributed by atoms with Crippen LogP contribution in [0.2, 0.25) is 0 Å². The molecule has 2 nitrogen and oxygen atoms in total. The summed E-state index contributed by atoms with van der Waals surface area (Å²) in [4.78, 5) is 1.77. The van der Waals surface area contributed by atoms with Crippen molar-refractivity contribution in [1.29, 1.82) is 0 Å². The number of anilines is 1. The number of benzene rings is 2. The molecule has 0 spiro atoms. The topological polar surface area (TPSA) is 29.3 Å². The van der Waals surface area contributed by atoms with Crippen LogP contribution in [0.3, 0.4) is 0 Å². The van der Waals surface area contributed by atoms with Gasteiger partial charge >= 0.3 is 0 Å². The van der Waals surface area contributed by atoms with Crippen molar-refractivity contribution in [1.82, 2.24) is 0 Å². The Labute approximate surface area is 122 Å². The van der Waals surface area contributed by atoms with E-state index in [1.165, 1.54) is 0 Å². The molecular weight excluding hydrogens is 277 g/mol. The second-order valence-corrected chi connectivity index (χ2v) is 4.94. The molecule has 5 heteroatoms. The highest BCUT2D eigenvalue weighted by Gasteiger charge is 2.22. The number of likely N-dealkylation sites (N-methyl/N-ethyl adjacent to an activating group) is 1. The second kappa shape index (κ2) is 6.18. The van der Waals surface area contributed by atoms with Gasteiger partial charge in [-0.1, -0.05) is 18.2 Å². The first-order valence-electron chi connectivity index (χ1n) is 6.58. The number of nitrogens with zero attached hydrogens (tertiary/aromatic N) is 1. The van der Waals surface area contributed by atoms with Gasteiger partial charge in [-0.05, 0) is 24.6 Å². The van der Waals surface area contributed by atoms with Gasteiger partial charge in [0.2, 0.25) is 0 Å². The molecule has 0 heterocycles. The molecule has 0 bridgehead atoms. The molecule has 0 fully saturated rings. The van der Waals surface area contributed by atoms with Gasteiger partial charge in [-0.15, -0.1) is 0 Å². The van der Waals surface area contributed by atoms with Gasteiger partial charge in [-0.2, -0.15) is 0 Å². The maximum atomic E-state index is 14.0. The molecule has 112 valence electrons. The van der Waals surface area contributed by atoms with E-state index in [4.69, 9.17) is 5.73 Å². The van der Waals surface area contributed by atoms with E-state index >= 15 is 0 Å². The first-order chi connectivity index (χ1) is 9.95. The van der Waals surface area contributed by atoms with Gasteiger partial charge in [0.25, 0.3) is 0 Å². The van der Waals surface area contributed by atoms with Gasteiger partial charge in [0.05, 0.1) is 6.04 Å². The number of rotatable bonds is 4. The van der Waals surface area contributed by atoms with Crippen molar-refractivity contribution in [3.8, 4) is 0 Å². The smallest absolute Gasteiger partial charge is 0.161 e. The summed E-state index contributed by atoms with van der Waals surface area (Å²) >= 11 is 0. The number of hydrogen-bond acceptors (Lipinski definition) is 2. The quantitative estimate of drug-likeness (QED) is 0.874. The Morgan fingerprint density at radius 1 is 1.05 bits per heavy atom. The predicted octanol–water partition coefficient (Wildman–Crippen LogP) is 3.55. The molecule has 0 radical (unpaired) electrons. The molecule has 0 saturated carbocycles. The lowest BCUT2D eigenvalue weighted by molar-refractivity contribution is 0.483. The van der Waals surface area contributed by atoms with Gasteiger partial charge in [0.1, 0.15) is 5.82 Å². The van der Waals surface area contributed by atoms with Crippen LogP contribution in [0.15, 0.2) is 36.4 Å². The van der Waals surface area contributed by atoms with Crippen LogP contribution in [-0.2, 0) is 0 Å². The summed E-state index contributed by atoms with van der Waals surface area (Å²) in [5.41, 5.74) is 7.62. The third-order valence-electron chi connectivity index (χ3n) is 3.58. The van der Waals surface area contributed by atoms with E-state index < -0.39 is 23.5 Å². The summed E-state index contributed by atoms with van der Waals surface area (Å²) in [7, 11) is 1.75. The Balaban J connectivity index is 2.45. The number of halogens is 3. The third-order valence-corrected chi connectivity index (χ3v) is 3.58. The highest BCUT2D eigenvalue weighted by atomic mass is 19.2. The van der Waals surface area contributed by atoms with Crippen LogP contribution in [0.5, 0.6) is 0 Å². The van der Waals surface area contributed by atoms with Crippen LogP contribution in [0.1, 0.15) is 17.2 Å². The summed E-state index contributed by atoms with van der Waals surface area (Å²) in [5.74, 6) is -3.08. The lowest BCUT2D eigenvalue weighted by Crippen LogP contribution is -2.31. The van der Waals surface area contributed by atoms with Crippen molar-refractivity contribution in [2.24, 2.45) is 5.73 Å². The van der Waals surface area contributed by atoms with E-state index in [-0.39, 0.29) is 12.1 Å². The molecule has 0 aliphatic rings. The summed E-state index contributed by atoms with van der Waals surface area (Å²) < 4.78 is 40.4. The van der Waals surface area contributed by atoms with Crippen LogP contribution >= 0.6 is 0 Å². The normalized spacial score (nSPS) is 12.3. The van der Waals surface area contributed by atoms with E-state index in [0.717, 1.165) is 17.3 Å². The fraction of sp³-hybridized carbons (Fsp3) is 0.250. The van der Waals surface area contributed by atoms with Crippen LogP contribution < -0.4 is 10.6 Å². The summed E-state index contributed by atoms with van der Waals surface area (Å²) in [6.07, 6.45) is 0. The maximum Gasteiger partial charge on any atom is 0.161 e.